The van der Waals surface area contributed by atoms with E-state index in [1.165, 1.54) is 44.3 Å². The SMILES string of the molecule is CC(CCN1CCCCC1C(C)N)c1ccccc1. The van der Waals surface area contributed by atoms with Gasteiger partial charge >= 0.3 is 0 Å². The first-order valence-electron chi connectivity index (χ1n) is 7.73. The van der Waals surface area contributed by atoms with Crippen LogP contribution in [0.15, 0.2) is 30.3 Å². The summed E-state index contributed by atoms with van der Waals surface area (Å²) < 4.78 is 0. The van der Waals surface area contributed by atoms with Gasteiger partial charge in [0.15, 0.2) is 0 Å². The second-order valence-corrected chi connectivity index (χ2v) is 6.06. The highest BCUT2D eigenvalue weighted by molar-refractivity contribution is 5.18. The Labute approximate surface area is 118 Å². The van der Waals surface area contributed by atoms with Crippen LogP contribution in [0.2, 0.25) is 0 Å². The average molecular weight is 260 g/mol. The molecule has 0 aromatic heterocycles. The molecule has 0 radical (unpaired) electrons. The van der Waals surface area contributed by atoms with E-state index in [0.717, 1.165) is 0 Å². The highest BCUT2D eigenvalue weighted by Crippen LogP contribution is 2.23. The summed E-state index contributed by atoms with van der Waals surface area (Å²) in [6, 6.07) is 11.7. The molecule has 106 valence electrons. The zero-order valence-electron chi connectivity index (χ0n) is 12.4. The Balaban J connectivity index is 1.87. The molecule has 0 amide bonds. The van der Waals surface area contributed by atoms with E-state index < -0.39 is 0 Å². The van der Waals surface area contributed by atoms with Gasteiger partial charge in [0.05, 0.1) is 0 Å². The molecular weight excluding hydrogens is 232 g/mol. The van der Waals surface area contributed by atoms with E-state index in [0.29, 0.717) is 18.0 Å². The fourth-order valence-electron chi connectivity index (χ4n) is 3.20. The van der Waals surface area contributed by atoms with E-state index in [1.54, 1.807) is 0 Å². The maximum Gasteiger partial charge on any atom is 0.0244 e. The number of nitrogens with two attached hydrogens (primary N) is 1. The van der Waals surface area contributed by atoms with Crippen molar-refractivity contribution in [2.75, 3.05) is 13.1 Å². The minimum absolute atomic E-state index is 0.298. The predicted molar refractivity (Wildman–Crippen MR) is 82.3 cm³/mol. The quantitative estimate of drug-likeness (QED) is 0.879. The number of rotatable bonds is 5. The molecule has 1 aromatic carbocycles. The largest absolute Gasteiger partial charge is 0.327 e. The Morgan fingerprint density at radius 1 is 1.21 bits per heavy atom. The van der Waals surface area contributed by atoms with Gasteiger partial charge in [0.1, 0.15) is 0 Å². The van der Waals surface area contributed by atoms with Crippen molar-refractivity contribution in [3.05, 3.63) is 35.9 Å². The van der Waals surface area contributed by atoms with Crippen LogP contribution in [0.5, 0.6) is 0 Å². The standard InChI is InChI=1S/C17H28N2/c1-14(16-8-4-3-5-9-16)11-13-19-12-7-6-10-17(19)15(2)18/h3-5,8-9,14-15,17H,6-7,10-13,18H2,1-2H3. The first kappa shape index (κ1) is 14.5. The monoisotopic (exact) mass is 260 g/mol. The number of hydrogen-bond donors (Lipinski definition) is 1. The van der Waals surface area contributed by atoms with Gasteiger partial charge < -0.3 is 5.73 Å². The van der Waals surface area contributed by atoms with Crippen molar-refractivity contribution in [3.63, 3.8) is 0 Å². The van der Waals surface area contributed by atoms with Gasteiger partial charge in [-0.15, -0.1) is 0 Å². The molecule has 3 unspecified atom stereocenters. The molecule has 2 rings (SSSR count). The Morgan fingerprint density at radius 3 is 2.63 bits per heavy atom. The number of benzene rings is 1. The van der Waals surface area contributed by atoms with Gasteiger partial charge in [-0.3, -0.25) is 4.90 Å². The highest BCUT2D eigenvalue weighted by atomic mass is 15.2. The molecule has 0 spiro atoms. The molecule has 2 N–H and O–H groups in total. The molecule has 0 saturated carbocycles. The van der Waals surface area contributed by atoms with Gasteiger partial charge in [-0.25, -0.2) is 0 Å². The molecule has 1 aliphatic rings. The third-order valence-electron chi connectivity index (χ3n) is 4.49. The van der Waals surface area contributed by atoms with Crippen LogP contribution >= 0.6 is 0 Å². The Hall–Kier alpha value is -0.860. The van der Waals surface area contributed by atoms with Crippen molar-refractivity contribution >= 4 is 0 Å². The summed E-state index contributed by atoms with van der Waals surface area (Å²) >= 11 is 0. The summed E-state index contributed by atoms with van der Waals surface area (Å²) in [4.78, 5) is 2.62. The molecule has 0 bridgehead atoms. The van der Waals surface area contributed by atoms with Crippen LogP contribution in [0.25, 0.3) is 0 Å². The van der Waals surface area contributed by atoms with Gasteiger partial charge in [0.2, 0.25) is 0 Å². The van der Waals surface area contributed by atoms with Gasteiger partial charge in [0, 0.05) is 12.1 Å². The van der Waals surface area contributed by atoms with Crippen LogP contribution in [-0.4, -0.2) is 30.1 Å². The maximum absolute atomic E-state index is 6.13. The first-order chi connectivity index (χ1) is 9.18. The van der Waals surface area contributed by atoms with Crippen LogP contribution < -0.4 is 5.73 Å². The van der Waals surface area contributed by atoms with Crippen molar-refractivity contribution in [2.45, 2.75) is 57.5 Å². The number of likely N-dealkylation sites (tertiary alicyclic amines) is 1. The Morgan fingerprint density at radius 2 is 1.95 bits per heavy atom. The van der Waals surface area contributed by atoms with Gasteiger partial charge in [-0.05, 0) is 50.8 Å². The summed E-state index contributed by atoms with van der Waals surface area (Å²) in [7, 11) is 0. The van der Waals surface area contributed by atoms with Crippen molar-refractivity contribution in [1.29, 1.82) is 0 Å². The smallest absolute Gasteiger partial charge is 0.0244 e. The molecule has 0 aliphatic carbocycles. The van der Waals surface area contributed by atoms with E-state index in [2.05, 4.69) is 49.1 Å². The molecule has 19 heavy (non-hydrogen) atoms. The van der Waals surface area contributed by atoms with E-state index in [9.17, 15) is 0 Å². The molecule has 2 nitrogen and oxygen atoms in total. The average Bonchev–Trinajstić information content (AvgIpc) is 2.46. The molecule has 1 heterocycles. The van der Waals surface area contributed by atoms with Gasteiger partial charge in [0.25, 0.3) is 0 Å². The lowest BCUT2D eigenvalue weighted by Crippen LogP contribution is -2.49. The molecule has 1 aromatic rings. The van der Waals surface area contributed by atoms with Gasteiger partial charge in [-0.2, -0.15) is 0 Å². The van der Waals surface area contributed by atoms with Crippen LogP contribution in [0.4, 0.5) is 0 Å². The van der Waals surface area contributed by atoms with Crippen LogP contribution in [-0.2, 0) is 0 Å². The Bertz CT molecular complexity index is 361. The van der Waals surface area contributed by atoms with E-state index in [4.69, 9.17) is 5.73 Å². The lowest BCUT2D eigenvalue weighted by atomic mass is 9.94. The zero-order chi connectivity index (χ0) is 13.7. The normalized spacial score (nSPS) is 24.1. The van der Waals surface area contributed by atoms with E-state index >= 15 is 0 Å². The fourth-order valence-corrected chi connectivity index (χ4v) is 3.20. The third-order valence-corrected chi connectivity index (χ3v) is 4.49. The van der Waals surface area contributed by atoms with Gasteiger partial charge in [-0.1, -0.05) is 43.7 Å². The number of nitrogens with zero attached hydrogens (tertiary/aromatic N) is 1. The van der Waals surface area contributed by atoms with Crippen molar-refractivity contribution in [2.24, 2.45) is 5.73 Å². The molecular formula is C17H28N2. The minimum Gasteiger partial charge on any atom is -0.327 e. The van der Waals surface area contributed by atoms with E-state index in [1.807, 2.05) is 0 Å². The molecule has 1 saturated heterocycles. The summed E-state index contributed by atoms with van der Waals surface area (Å²) in [5.41, 5.74) is 7.59. The minimum atomic E-state index is 0.298. The Kier molecular flexibility index (Phi) is 5.41. The topological polar surface area (TPSA) is 29.3 Å². The van der Waals surface area contributed by atoms with Crippen molar-refractivity contribution in [1.82, 2.24) is 4.90 Å². The predicted octanol–water partition coefficient (Wildman–Crippen LogP) is 3.38. The van der Waals surface area contributed by atoms with E-state index in [-0.39, 0.29) is 0 Å². The number of hydrogen-bond acceptors (Lipinski definition) is 2. The van der Waals surface area contributed by atoms with Crippen LogP contribution in [0, 0.1) is 0 Å². The molecule has 2 heteroatoms. The highest BCUT2D eigenvalue weighted by Gasteiger charge is 2.25. The fraction of sp³-hybridized carbons (Fsp3) is 0.647. The summed E-state index contributed by atoms with van der Waals surface area (Å²) in [5, 5.41) is 0. The summed E-state index contributed by atoms with van der Waals surface area (Å²) in [6.07, 6.45) is 5.19. The van der Waals surface area contributed by atoms with Crippen LogP contribution in [0.3, 0.4) is 0 Å². The summed E-state index contributed by atoms with van der Waals surface area (Å²) in [6.45, 7) is 6.90. The lowest BCUT2D eigenvalue weighted by Gasteiger charge is -2.38. The van der Waals surface area contributed by atoms with Crippen molar-refractivity contribution in [3.8, 4) is 0 Å². The van der Waals surface area contributed by atoms with Crippen LogP contribution in [0.1, 0.15) is 51.0 Å². The third kappa shape index (κ3) is 4.05. The molecule has 1 aliphatic heterocycles. The summed E-state index contributed by atoms with van der Waals surface area (Å²) in [5.74, 6) is 0.636. The lowest BCUT2D eigenvalue weighted by molar-refractivity contribution is 0.127. The zero-order valence-corrected chi connectivity index (χ0v) is 12.4. The number of piperidine rings is 1. The first-order valence-corrected chi connectivity index (χ1v) is 7.73. The maximum atomic E-state index is 6.13. The second-order valence-electron chi connectivity index (χ2n) is 6.06. The van der Waals surface area contributed by atoms with Crippen molar-refractivity contribution < 1.29 is 0 Å². The molecule has 3 atom stereocenters. The molecule has 1 fully saturated rings. The second kappa shape index (κ2) is 7.06.